The van der Waals surface area contributed by atoms with Crippen LogP contribution in [0.1, 0.15) is 29.9 Å². The molecule has 1 aromatic carbocycles. The average Bonchev–Trinajstić information content (AvgIpc) is 2.96. The van der Waals surface area contributed by atoms with Crippen LogP contribution in [-0.2, 0) is 9.53 Å². The van der Waals surface area contributed by atoms with E-state index in [1.807, 2.05) is 38.1 Å². The van der Waals surface area contributed by atoms with Crippen LogP contribution in [0.3, 0.4) is 0 Å². The molecule has 0 aliphatic carbocycles. The van der Waals surface area contributed by atoms with E-state index < -0.39 is 24.5 Å². The zero-order valence-corrected chi connectivity index (χ0v) is 14.4. The van der Waals surface area contributed by atoms with Gasteiger partial charge in [0.2, 0.25) is 0 Å². The van der Waals surface area contributed by atoms with Crippen LogP contribution in [0.5, 0.6) is 0 Å². The third-order valence-corrected chi connectivity index (χ3v) is 4.32. The lowest BCUT2D eigenvalue weighted by molar-refractivity contribution is -0.123. The van der Waals surface area contributed by atoms with Gasteiger partial charge in [0.05, 0.1) is 0 Å². The minimum Gasteiger partial charge on any atom is -0.451 e. The molecule has 128 valence electrons. The topological polar surface area (TPSA) is 84.5 Å². The van der Waals surface area contributed by atoms with Crippen LogP contribution in [0.15, 0.2) is 30.3 Å². The molecule has 0 aliphatic heterocycles. The van der Waals surface area contributed by atoms with Crippen molar-refractivity contribution in [3.8, 4) is 0 Å². The van der Waals surface area contributed by atoms with Crippen molar-refractivity contribution in [3.05, 3.63) is 35.2 Å². The third-order valence-electron chi connectivity index (χ3n) is 3.22. The first-order valence-electron chi connectivity index (χ1n) is 7.69. The molecule has 0 aliphatic rings. The smallest absolute Gasteiger partial charge is 0.348 e. The molecule has 0 fully saturated rings. The maximum Gasteiger partial charge on any atom is 0.348 e. The molecule has 0 radical (unpaired) electrons. The van der Waals surface area contributed by atoms with Crippen molar-refractivity contribution in [1.82, 2.24) is 10.6 Å². The number of amides is 3. The molecule has 24 heavy (non-hydrogen) atoms. The second kappa shape index (κ2) is 8.44. The number of imide groups is 1. The van der Waals surface area contributed by atoms with E-state index >= 15 is 0 Å². The molecule has 1 aromatic heterocycles. The second-order valence-electron chi connectivity index (χ2n) is 5.71. The van der Waals surface area contributed by atoms with Crippen molar-refractivity contribution in [2.75, 3.05) is 13.2 Å². The molecule has 6 nitrogen and oxygen atoms in total. The largest absolute Gasteiger partial charge is 0.451 e. The Morgan fingerprint density at radius 3 is 2.67 bits per heavy atom. The van der Waals surface area contributed by atoms with Crippen LogP contribution < -0.4 is 10.6 Å². The number of urea groups is 1. The van der Waals surface area contributed by atoms with Gasteiger partial charge in [0.15, 0.2) is 6.61 Å². The van der Waals surface area contributed by atoms with Crippen molar-refractivity contribution in [2.45, 2.75) is 20.3 Å². The molecule has 0 saturated carbocycles. The van der Waals surface area contributed by atoms with Gasteiger partial charge in [0.25, 0.3) is 5.91 Å². The number of fused-ring (bicyclic) bond motifs is 1. The molecule has 3 amide bonds. The minimum atomic E-state index is -0.661. The summed E-state index contributed by atoms with van der Waals surface area (Å²) >= 11 is 1.30. The summed E-state index contributed by atoms with van der Waals surface area (Å²) < 4.78 is 5.91. The van der Waals surface area contributed by atoms with Gasteiger partial charge in [-0.3, -0.25) is 10.1 Å². The maximum atomic E-state index is 12.0. The number of nitrogens with one attached hydrogen (secondary N) is 2. The van der Waals surface area contributed by atoms with Gasteiger partial charge in [-0.2, -0.15) is 0 Å². The van der Waals surface area contributed by atoms with Gasteiger partial charge >= 0.3 is 12.0 Å². The van der Waals surface area contributed by atoms with Crippen LogP contribution >= 0.6 is 11.3 Å². The second-order valence-corrected chi connectivity index (χ2v) is 6.79. The van der Waals surface area contributed by atoms with Gasteiger partial charge in [0, 0.05) is 11.2 Å². The molecule has 2 rings (SSSR count). The minimum absolute atomic E-state index is 0.422. The predicted molar refractivity (Wildman–Crippen MR) is 93.1 cm³/mol. The Balaban J connectivity index is 1.76. The van der Waals surface area contributed by atoms with Gasteiger partial charge in [-0.1, -0.05) is 32.0 Å². The highest BCUT2D eigenvalue weighted by Crippen LogP contribution is 2.25. The molecule has 0 saturated heterocycles. The number of benzene rings is 1. The highest BCUT2D eigenvalue weighted by atomic mass is 32.1. The monoisotopic (exact) mass is 348 g/mol. The fraction of sp³-hybridized carbons (Fsp3) is 0.353. The van der Waals surface area contributed by atoms with Crippen LogP contribution in [-0.4, -0.2) is 31.1 Å². The number of ether oxygens (including phenoxy) is 1. The molecule has 1 heterocycles. The Morgan fingerprint density at radius 2 is 1.96 bits per heavy atom. The van der Waals surface area contributed by atoms with E-state index in [9.17, 15) is 14.4 Å². The first kappa shape index (κ1) is 17.9. The van der Waals surface area contributed by atoms with E-state index in [2.05, 4.69) is 10.6 Å². The van der Waals surface area contributed by atoms with Gasteiger partial charge in [-0.15, -0.1) is 11.3 Å². The Bertz CT molecular complexity index is 706. The van der Waals surface area contributed by atoms with Crippen LogP contribution in [0.25, 0.3) is 10.1 Å². The van der Waals surface area contributed by atoms with Crippen molar-refractivity contribution in [1.29, 1.82) is 0 Å². The maximum absolute atomic E-state index is 12.0. The highest BCUT2D eigenvalue weighted by molar-refractivity contribution is 7.20. The standard InChI is InChI=1S/C17H20N2O4S/c1-11(2)7-8-18-17(22)19-15(20)10-23-16(21)14-9-12-5-3-4-6-13(12)24-14/h3-6,9,11H,7-8,10H2,1-2H3,(H2,18,19,20,22). The number of hydrogen-bond donors (Lipinski definition) is 2. The highest BCUT2D eigenvalue weighted by Gasteiger charge is 2.14. The quantitative estimate of drug-likeness (QED) is 0.786. The van der Waals surface area contributed by atoms with E-state index in [4.69, 9.17) is 4.74 Å². The van der Waals surface area contributed by atoms with E-state index in [0.29, 0.717) is 17.3 Å². The number of carbonyl (C=O) groups is 3. The van der Waals surface area contributed by atoms with Crippen molar-refractivity contribution in [3.63, 3.8) is 0 Å². The van der Waals surface area contributed by atoms with Gasteiger partial charge in [-0.25, -0.2) is 9.59 Å². The van der Waals surface area contributed by atoms with Gasteiger partial charge in [0.1, 0.15) is 4.88 Å². The Hall–Kier alpha value is -2.41. The summed E-state index contributed by atoms with van der Waals surface area (Å²) in [5, 5.41) is 5.64. The van der Waals surface area contributed by atoms with Gasteiger partial charge < -0.3 is 10.1 Å². The van der Waals surface area contributed by atoms with E-state index in [-0.39, 0.29) is 0 Å². The fourth-order valence-electron chi connectivity index (χ4n) is 1.97. The lowest BCUT2D eigenvalue weighted by atomic mass is 10.1. The lowest BCUT2D eigenvalue weighted by Crippen LogP contribution is -2.41. The predicted octanol–water partition coefficient (Wildman–Crippen LogP) is 2.93. The van der Waals surface area contributed by atoms with Crippen LogP contribution in [0.4, 0.5) is 4.79 Å². The normalized spacial score (nSPS) is 10.6. The SMILES string of the molecule is CC(C)CCNC(=O)NC(=O)COC(=O)c1cc2ccccc2s1. The lowest BCUT2D eigenvalue weighted by Gasteiger charge is -2.08. The van der Waals surface area contributed by atoms with Crippen molar-refractivity contribution >= 4 is 39.3 Å². The van der Waals surface area contributed by atoms with Crippen LogP contribution in [0, 0.1) is 5.92 Å². The first-order chi connectivity index (χ1) is 11.5. The number of hydrogen-bond acceptors (Lipinski definition) is 5. The summed E-state index contributed by atoms with van der Waals surface area (Å²) in [5.41, 5.74) is 0. The Kier molecular flexibility index (Phi) is 6.31. The zero-order chi connectivity index (χ0) is 17.5. The summed E-state index contributed by atoms with van der Waals surface area (Å²) in [7, 11) is 0. The molecule has 0 unspecified atom stereocenters. The van der Waals surface area contributed by atoms with Crippen LogP contribution in [0.2, 0.25) is 0 Å². The molecular formula is C17H20N2O4S. The summed E-state index contributed by atoms with van der Waals surface area (Å²) in [6, 6.07) is 8.72. The number of thiophene rings is 1. The molecular weight excluding hydrogens is 328 g/mol. The summed E-state index contributed by atoms with van der Waals surface area (Å²) in [6.07, 6.45) is 0.822. The number of rotatable bonds is 6. The van der Waals surface area contributed by atoms with E-state index in [1.165, 1.54) is 11.3 Å². The Labute approximate surface area is 144 Å². The number of esters is 1. The van der Waals surface area contributed by atoms with Crippen molar-refractivity contribution < 1.29 is 19.1 Å². The van der Waals surface area contributed by atoms with Gasteiger partial charge in [-0.05, 0) is 29.9 Å². The van der Waals surface area contributed by atoms with E-state index in [0.717, 1.165) is 16.5 Å². The molecule has 0 bridgehead atoms. The zero-order valence-electron chi connectivity index (χ0n) is 13.6. The summed E-state index contributed by atoms with van der Waals surface area (Å²) in [6.45, 7) is 4.07. The average molecular weight is 348 g/mol. The van der Waals surface area contributed by atoms with E-state index in [1.54, 1.807) is 6.07 Å². The fourth-order valence-corrected chi connectivity index (χ4v) is 2.92. The first-order valence-corrected chi connectivity index (χ1v) is 8.50. The molecule has 2 N–H and O–H groups in total. The summed E-state index contributed by atoms with van der Waals surface area (Å²) in [5.74, 6) is -0.777. The molecule has 7 heteroatoms. The third kappa shape index (κ3) is 5.34. The number of carbonyl (C=O) groups excluding carboxylic acids is 3. The van der Waals surface area contributed by atoms with Crippen molar-refractivity contribution in [2.24, 2.45) is 5.92 Å². The molecule has 2 aromatic rings. The Morgan fingerprint density at radius 1 is 1.21 bits per heavy atom. The molecule has 0 spiro atoms. The molecule has 0 atom stereocenters. The summed E-state index contributed by atoms with van der Waals surface area (Å²) in [4.78, 5) is 35.5.